The molecule has 0 fully saturated rings. The van der Waals surface area contributed by atoms with Crippen molar-refractivity contribution in [3.05, 3.63) is 46.2 Å². The van der Waals surface area contributed by atoms with Crippen molar-refractivity contribution in [3.63, 3.8) is 0 Å². The van der Waals surface area contributed by atoms with E-state index in [0.717, 1.165) is 24.9 Å². The Bertz CT molecular complexity index is 1030. The van der Waals surface area contributed by atoms with Gasteiger partial charge in [0.2, 0.25) is 0 Å². The number of halogens is 1. The molecule has 2 heterocycles. The van der Waals surface area contributed by atoms with Crippen LogP contribution in [0.4, 0.5) is 5.69 Å². The van der Waals surface area contributed by atoms with Crippen LogP contribution in [-0.2, 0) is 29.1 Å². The molecule has 30 heavy (non-hydrogen) atoms. The molecular formula is C20H28ClN5O3S. The van der Waals surface area contributed by atoms with Gasteiger partial charge in [0.1, 0.15) is 0 Å². The lowest BCUT2D eigenvalue weighted by molar-refractivity contribution is 0.102. The van der Waals surface area contributed by atoms with Crippen molar-refractivity contribution in [2.45, 2.75) is 37.2 Å². The summed E-state index contributed by atoms with van der Waals surface area (Å²) in [5.41, 5.74) is 2.31. The molecule has 0 radical (unpaired) electrons. The maximum atomic E-state index is 13.1. The average molecular weight is 454 g/mol. The molecule has 2 aromatic rings. The first-order chi connectivity index (χ1) is 14.1. The van der Waals surface area contributed by atoms with Crippen molar-refractivity contribution >= 4 is 33.0 Å². The molecule has 0 aliphatic carbocycles. The molecule has 0 spiro atoms. The van der Waals surface area contributed by atoms with Crippen LogP contribution in [0.5, 0.6) is 0 Å². The third-order valence-electron chi connectivity index (χ3n) is 5.25. The number of nitrogens with zero attached hydrogens (tertiary/aromatic N) is 2. The van der Waals surface area contributed by atoms with E-state index in [9.17, 15) is 13.2 Å². The van der Waals surface area contributed by atoms with E-state index in [4.69, 9.17) is 11.6 Å². The van der Waals surface area contributed by atoms with Gasteiger partial charge in [-0.25, -0.2) is 8.42 Å². The Hall–Kier alpha value is -1.94. The summed E-state index contributed by atoms with van der Waals surface area (Å²) < 4.78 is 26.8. The highest BCUT2D eigenvalue weighted by Gasteiger charge is 2.34. The maximum absolute atomic E-state index is 13.1. The van der Waals surface area contributed by atoms with E-state index in [-0.39, 0.29) is 16.5 Å². The van der Waals surface area contributed by atoms with Gasteiger partial charge in [0.05, 0.1) is 15.5 Å². The highest BCUT2D eigenvalue weighted by Crippen LogP contribution is 2.26. The lowest BCUT2D eigenvalue weighted by Gasteiger charge is -2.27. The van der Waals surface area contributed by atoms with Gasteiger partial charge in [-0.2, -0.15) is 5.10 Å². The third kappa shape index (κ3) is 5.21. The fraction of sp³-hybridized carbons (Fsp3) is 0.500. The van der Waals surface area contributed by atoms with E-state index in [1.165, 1.54) is 4.68 Å². The summed E-state index contributed by atoms with van der Waals surface area (Å²) in [6.45, 7) is 5.22. The lowest BCUT2D eigenvalue weighted by Crippen LogP contribution is -2.45. The van der Waals surface area contributed by atoms with E-state index in [2.05, 4.69) is 21.0 Å². The number of rotatable bonds is 2. The van der Waals surface area contributed by atoms with E-state index in [1.54, 1.807) is 39.2 Å². The number of carbonyl (C=O) groups is 1. The van der Waals surface area contributed by atoms with Gasteiger partial charge in [-0.05, 0) is 56.5 Å². The van der Waals surface area contributed by atoms with Crippen LogP contribution in [-0.4, -0.2) is 48.6 Å². The second kappa shape index (κ2) is 9.05. The van der Waals surface area contributed by atoms with Crippen molar-refractivity contribution < 1.29 is 13.2 Å². The minimum atomic E-state index is -3.44. The number of fused-ring (bicyclic) bond motifs is 1. The molecule has 0 bridgehead atoms. The van der Waals surface area contributed by atoms with E-state index < -0.39 is 20.5 Å². The Morgan fingerprint density at radius 2 is 2.03 bits per heavy atom. The zero-order valence-corrected chi connectivity index (χ0v) is 19.0. The van der Waals surface area contributed by atoms with Gasteiger partial charge >= 0.3 is 0 Å². The monoisotopic (exact) mass is 453 g/mol. The number of carbonyl (C=O) groups excluding carboxylic acids is 1. The Balaban J connectivity index is 1.90. The molecule has 1 aromatic heterocycles. The van der Waals surface area contributed by atoms with Crippen LogP contribution < -0.4 is 16.0 Å². The van der Waals surface area contributed by atoms with Crippen LogP contribution in [0.2, 0.25) is 5.02 Å². The minimum absolute atomic E-state index is 0.0848. The first-order valence-electron chi connectivity index (χ1n) is 9.85. The quantitative estimate of drug-likeness (QED) is 0.643. The van der Waals surface area contributed by atoms with Gasteiger partial charge in [0, 0.05) is 32.1 Å². The van der Waals surface area contributed by atoms with Crippen LogP contribution in [0.15, 0.2) is 24.4 Å². The number of nitrogens with one attached hydrogen (secondary N) is 3. The van der Waals surface area contributed by atoms with Crippen molar-refractivity contribution in [3.8, 4) is 0 Å². The summed E-state index contributed by atoms with van der Waals surface area (Å²) in [6.07, 6.45) is 3.18. The second-order valence-corrected chi connectivity index (χ2v) is 11.2. The van der Waals surface area contributed by atoms with Crippen molar-refractivity contribution in [2.75, 3.05) is 25.1 Å². The maximum Gasteiger partial charge on any atom is 0.277 e. The van der Waals surface area contributed by atoms with Gasteiger partial charge in [-0.1, -0.05) is 17.7 Å². The number of amides is 1. The van der Waals surface area contributed by atoms with Gasteiger partial charge in [-0.15, -0.1) is 0 Å². The first-order valence-corrected chi connectivity index (χ1v) is 11.9. The molecule has 1 aromatic carbocycles. The molecule has 0 saturated carbocycles. The van der Waals surface area contributed by atoms with Crippen molar-refractivity contribution in [2.24, 2.45) is 7.05 Å². The topological polar surface area (TPSA) is 105 Å². The number of aryl methyl sites for hydroxylation is 2. The molecule has 0 saturated heterocycles. The highest BCUT2D eigenvalue weighted by atomic mass is 35.5. The van der Waals surface area contributed by atoms with E-state index in [1.807, 2.05) is 6.07 Å². The normalized spacial score (nSPS) is 19.2. The fourth-order valence-electron chi connectivity index (χ4n) is 3.34. The zero-order valence-electron chi connectivity index (χ0n) is 17.5. The van der Waals surface area contributed by atoms with Gasteiger partial charge in [0.15, 0.2) is 15.5 Å². The standard InChI is InChI=1S/C20H28ClN5O3S/c1-20(2)12-23-13-22-8-4-5-14-6-7-16(9-15(14)11-30(20,28)29)24-19(27)18-17(21)10-26(3)25-18/h6-7,9-10,22-23H,4-5,8,11-13H2,1-3H3,(H,24,27). The SMILES string of the molecule is Cn1cc(Cl)c(C(=O)Nc2ccc3c(c2)CS(=O)(=O)C(C)(C)CNCNCCC3)n1. The average Bonchev–Trinajstić information content (AvgIpc) is 2.99. The van der Waals surface area contributed by atoms with Crippen molar-refractivity contribution in [1.82, 2.24) is 20.4 Å². The molecule has 0 unspecified atom stereocenters. The minimum Gasteiger partial charge on any atom is -0.321 e. The predicted octanol–water partition coefficient (Wildman–Crippen LogP) is 2.10. The summed E-state index contributed by atoms with van der Waals surface area (Å²) in [6, 6.07) is 5.41. The molecule has 1 amide bonds. The number of hydrogen-bond acceptors (Lipinski definition) is 6. The van der Waals surface area contributed by atoms with E-state index >= 15 is 0 Å². The molecule has 1 aliphatic rings. The molecule has 10 heteroatoms. The van der Waals surface area contributed by atoms with Gasteiger partial charge in [-0.3, -0.25) is 9.48 Å². The van der Waals surface area contributed by atoms with E-state index in [0.29, 0.717) is 24.5 Å². The molecule has 164 valence electrons. The smallest absolute Gasteiger partial charge is 0.277 e. The van der Waals surface area contributed by atoms with Crippen LogP contribution in [0, 0.1) is 0 Å². The summed E-state index contributed by atoms with van der Waals surface area (Å²) in [5, 5.41) is 13.5. The summed E-state index contributed by atoms with van der Waals surface area (Å²) in [7, 11) is -1.76. The number of benzene rings is 1. The van der Waals surface area contributed by atoms with Gasteiger partial charge in [0.25, 0.3) is 5.91 Å². The van der Waals surface area contributed by atoms with Crippen LogP contribution in [0.25, 0.3) is 0 Å². The van der Waals surface area contributed by atoms with Crippen LogP contribution in [0.1, 0.15) is 41.9 Å². The molecule has 0 atom stereocenters. The molecule has 1 aliphatic heterocycles. The summed E-state index contributed by atoms with van der Waals surface area (Å²) in [5.74, 6) is -0.524. The predicted molar refractivity (Wildman–Crippen MR) is 119 cm³/mol. The first kappa shape index (κ1) is 22.7. The Morgan fingerprint density at radius 3 is 2.73 bits per heavy atom. The third-order valence-corrected chi connectivity index (χ3v) is 8.05. The zero-order chi connectivity index (χ0) is 21.9. The Kier molecular flexibility index (Phi) is 6.86. The molecule has 8 nitrogen and oxygen atoms in total. The van der Waals surface area contributed by atoms with Crippen LogP contribution >= 0.6 is 11.6 Å². The molecule has 3 rings (SSSR count). The second-order valence-electron chi connectivity index (χ2n) is 8.16. The van der Waals surface area contributed by atoms with Crippen molar-refractivity contribution in [1.29, 1.82) is 0 Å². The lowest BCUT2D eigenvalue weighted by atomic mass is 10.0. The number of aromatic nitrogens is 2. The van der Waals surface area contributed by atoms with Gasteiger partial charge < -0.3 is 16.0 Å². The Labute approximate surface area is 182 Å². The largest absolute Gasteiger partial charge is 0.321 e. The number of anilines is 1. The van der Waals surface area contributed by atoms with Crippen LogP contribution in [0.3, 0.4) is 0 Å². The molecular weight excluding hydrogens is 426 g/mol. The fourth-order valence-corrected chi connectivity index (χ4v) is 5.00. The summed E-state index contributed by atoms with van der Waals surface area (Å²) >= 11 is 6.06. The summed E-state index contributed by atoms with van der Waals surface area (Å²) in [4.78, 5) is 12.5. The molecule has 3 N–H and O–H groups in total. The Morgan fingerprint density at radius 1 is 1.27 bits per heavy atom. The number of sulfone groups is 1. The highest BCUT2D eigenvalue weighted by molar-refractivity contribution is 7.92. The number of hydrogen-bond donors (Lipinski definition) is 3.